The molecule has 1 atom stereocenters. The molecule has 6 heteroatoms. The number of nitrogens with one attached hydrogen (secondary N) is 1. The number of fused-ring (bicyclic) bond motifs is 1. The van der Waals surface area contributed by atoms with Gasteiger partial charge in [-0.1, -0.05) is 6.07 Å². The number of carbonyl (C=O) groups excluding carboxylic acids is 2. The summed E-state index contributed by atoms with van der Waals surface area (Å²) < 4.78 is 10.6. The fraction of sp³-hybridized carbons (Fsp3) is 0.294. The molecule has 120 valence electrons. The number of benzene rings is 1. The second-order valence-corrected chi connectivity index (χ2v) is 5.44. The van der Waals surface area contributed by atoms with Crippen LogP contribution in [0.4, 0.5) is 5.69 Å². The molecule has 0 radical (unpaired) electrons. The van der Waals surface area contributed by atoms with Gasteiger partial charge in [-0.05, 0) is 43.2 Å². The molecule has 1 unspecified atom stereocenters. The Balaban J connectivity index is 1.64. The van der Waals surface area contributed by atoms with Gasteiger partial charge in [0.2, 0.25) is 0 Å². The maximum atomic E-state index is 12.0. The predicted octanol–water partition coefficient (Wildman–Crippen LogP) is 2.00. The molecule has 2 aromatic rings. The Morgan fingerprint density at radius 1 is 1.35 bits per heavy atom. The third kappa shape index (κ3) is 3.06. The van der Waals surface area contributed by atoms with Crippen LogP contribution in [0.15, 0.2) is 41.0 Å². The number of likely N-dealkylation sites (N-methyl/N-ethyl adjacent to an activating group) is 1. The maximum Gasteiger partial charge on any atom is 0.286 e. The summed E-state index contributed by atoms with van der Waals surface area (Å²) in [6, 6.07) is 9.00. The number of furan rings is 1. The Morgan fingerprint density at radius 3 is 2.91 bits per heavy atom. The van der Waals surface area contributed by atoms with Gasteiger partial charge < -0.3 is 19.4 Å². The molecule has 0 saturated carbocycles. The van der Waals surface area contributed by atoms with Crippen LogP contribution in [-0.2, 0) is 11.2 Å². The highest BCUT2D eigenvalue weighted by Crippen LogP contribution is 2.33. The van der Waals surface area contributed by atoms with Crippen molar-refractivity contribution in [3.63, 3.8) is 0 Å². The first-order valence-electron chi connectivity index (χ1n) is 7.45. The number of carbonyl (C=O) groups is 2. The van der Waals surface area contributed by atoms with Gasteiger partial charge in [0.05, 0.1) is 12.0 Å². The lowest BCUT2D eigenvalue weighted by molar-refractivity contribution is -0.125. The van der Waals surface area contributed by atoms with Crippen LogP contribution in [0.3, 0.4) is 0 Å². The largest absolute Gasteiger partial charge is 0.479 e. The van der Waals surface area contributed by atoms with E-state index >= 15 is 0 Å². The summed E-state index contributed by atoms with van der Waals surface area (Å²) in [5, 5.41) is 2.80. The van der Waals surface area contributed by atoms with Crippen LogP contribution in [0.25, 0.3) is 0 Å². The summed E-state index contributed by atoms with van der Waals surface area (Å²) in [6.07, 6.45) is 1.65. The van der Waals surface area contributed by atoms with Gasteiger partial charge in [0.1, 0.15) is 5.75 Å². The average Bonchev–Trinajstić information content (AvgIpc) is 3.08. The van der Waals surface area contributed by atoms with Gasteiger partial charge in [-0.25, -0.2) is 0 Å². The number of amides is 2. The van der Waals surface area contributed by atoms with E-state index in [1.807, 2.05) is 18.2 Å². The summed E-state index contributed by atoms with van der Waals surface area (Å²) in [5.74, 6) is 0.685. The van der Waals surface area contributed by atoms with Crippen LogP contribution in [0.1, 0.15) is 23.0 Å². The van der Waals surface area contributed by atoms with E-state index < -0.39 is 6.10 Å². The highest BCUT2D eigenvalue weighted by Gasteiger charge is 2.28. The SMILES string of the molecule is CC1Oc2ccc(CCNC(=O)c3ccco3)cc2N(C)C1=O. The minimum absolute atomic E-state index is 0.0687. The normalized spacial score (nSPS) is 16.7. The van der Waals surface area contributed by atoms with E-state index in [-0.39, 0.29) is 11.8 Å². The molecule has 3 rings (SSSR count). The van der Waals surface area contributed by atoms with E-state index in [1.165, 1.54) is 6.26 Å². The molecule has 1 N–H and O–H groups in total. The lowest BCUT2D eigenvalue weighted by atomic mass is 10.1. The minimum atomic E-state index is -0.467. The Morgan fingerprint density at radius 2 is 2.17 bits per heavy atom. The average molecular weight is 314 g/mol. The van der Waals surface area contributed by atoms with Crippen molar-refractivity contribution in [3.8, 4) is 5.75 Å². The first kappa shape index (κ1) is 15.1. The molecule has 23 heavy (non-hydrogen) atoms. The van der Waals surface area contributed by atoms with Crippen molar-refractivity contribution in [1.82, 2.24) is 5.32 Å². The zero-order valence-electron chi connectivity index (χ0n) is 13.0. The van der Waals surface area contributed by atoms with Gasteiger partial charge in [-0.15, -0.1) is 0 Å². The maximum absolute atomic E-state index is 12.0. The molecule has 1 aromatic heterocycles. The van der Waals surface area contributed by atoms with Crippen molar-refractivity contribution >= 4 is 17.5 Å². The molecule has 0 spiro atoms. The Hall–Kier alpha value is -2.76. The second-order valence-electron chi connectivity index (χ2n) is 5.44. The zero-order valence-corrected chi connectivity index (χ0v) is 13.0. The minimum Gasteiger partial charge on any atom is -0.479 e. The Bertz CT molecular complexity index is 724. The molecular weight excluding hydrogens is 296 g/mol. The van der Waals surface area contributed by atoms with Crippen LogP contribution in [0, 0.1) is 0 Å². The first-order chi connectivity index (χ1) is 11.1. The van der Waals surface area contributed by atoms with Crippen LogP contribution in [0.2, 0.25) is 0 Å². The molecule has 2 amide bonds. The second kappa shape index (κ2) is 6.16. The smallest absolute Gasteiger partial charge is 0.286 e. The van der Waals surface area contributed by atoms with E-state index in [0.29, 0.717) is 24.5 Å². The van der Waals surface area contributed by atoms with Gasteiger partial charge in [0.25, 0.3) is 11.8 Å². The summed E-state index contributed by atoms with van der Waals surface area (Å²) >= 11 is 0. The molecule has 0 saturated heterocycles. The number of ether oxygens (including phenoxy) is 1. The van der Waals surface area contributed by atoms with Crippen LogP contribution in [0.5, 0.6) is 5.75 Å². The molecule has 0 bridgehead atoms. The van der Waals surface area contributed by atoms with Crippen molar-refractivity contribution in [2.75, 3.05) is 18.5 Å². The van der Waals surface area contributed by atoms with Gasteiger partial charge in [-0.3, -0.25) is 9.59 Å². The molecule has 2 heterocycles. The fourth-order valence-corrected chi connectivity index (χ4v) is 2.53. The quantitative estimate of drug-likeness (QED) is 0.937. The van der Waals surface area contributed by atoms with Crippen molar-refractivity contribution in [2.45, 2.75) is 19.4 Å². The lowest BCUT2D eigenvalue weighted by Gasteiger charge is -2.30. The first-order valence-corrected chi connectivity index (χ1v) is 7.45. The number of rotatable bonds is 4. The van der Waals surface area contributed by atoms with Gasteiger partial charge in [-0.2, -0.15) is 0 Å². The molecule has 1 aliphatic rings. The molecule has 0 aliphatic carbocycles. The van der Waals surface area contributed by atoms with Crippen molar-refractivity contribution in [1.29, 1.82) is 0 Å². The molecule has 1 aromatic carbocycles. The van der Waals surface area contributed by atoms with E-state index in [2.05, 4.69) is 5.32 Å². The summed E-state index contributed by atoms with van der Waals surface area (Å²) in [7, 11) is 1.74. The number of nitrogens with zero attached hydrogens (tertiary/aromatic N) is 1. The van der Waals surface area contributed by atoms with Crippen LogP contribution >= 0.6 is 0 Å². The van der Waals surface area contributed by atoms with E-state index in [9.17, 15) is 9.59 Å². The fourth-order valence-electron chi connectivity index (χ4n) is 2.53. The number of hydrogen-bond donors (Lipinski definition) is 1. The van der Waals surface area contributed by atoms with Crippen molar-refractivity contribution < 1.29 is 18.7 Å². The number of anilines is 1. The molecule has 1 aliphatic heterocycles. The summed E-state index contributed by atoms with van der Waals surface area (Å²) in [5.41, 5.74) is 1.77. The van der Waals surface area contributed by atoms with Crippen molar-refractivity contribution in [3.05, 3.63) is 47.9 Å². The van der Waals surface area contributed by atoms with Crippen LogP contribution in [-0.4, -0.2) is 31.5 Å². The third-order valence-electron chi connectivity index (χ3n) is 3.81. The lowest BCUT2D eigenvalue weighted by Crippen LogP contribution is -2.42. The van der Waals surface area contributed by atoms with Gasteiger partial charge >= 0.3 is 0 Å². The van der Waals surface area contributed by atoms with E-state index in [0.717, 1.165) is 11.3 Å². The summed E-state index contributed by atoms with van der Waals surface area (Å²) in [6.45, 7) is 2.22. The monoisotopic (exact) mass is 314 g/mol. The predicted molar refractivity (Wildman–Crippen MR) is 84.7 cm³/mol. The van der Waals surface area contributed by atoms with Crippen molar-refractivity contribution in [2.24, 2.45) is 0 Å². The van der Waals surface area contributed by atoms with E-state index in [1.54, 1.807) is 31.0 Å². The van der Waals surface area contributed by atoms with Crippen LogP contribution < -0.4 is 15.0 Å². The summed E-state index contributed by atoms with van der Waals surface area (Å²) in [4.78, 5) is 25.4. The standard InChI is InChI=1S/C17H18N2O4/c1-11-17(21)19(2)13-10-12(5-6-14(13)23-11)7-8-18-16(20)15-4-3-9-22-15/h3-6,9-11H,7-8H2,1-2H3,(H,18,20). The zero-order chi connectivity index (χ0) is 16.4. The third-order valence-corrected chi connectivity index (χ3v) is 3.81. The van der Waals surface area contributed by atoms with E-state index in [4.69, 9.17) is 9.15 Å². The topological polar surface area (TPSA) is 71.8 Å². The Kier molecular flexibility index (Phi) is 4.06. The van der Waals surface area contributed by atoms with Gasteiger partial charge in [0, 0.05) is 13.6 Å². The molecule has 0 fully saturated rings. The highest BCUT2D eigenvalue weighted by molar-refractivity contribution is 5.99. The van der Waals surface area contributed by atoms with Gasteiger partial charge in [0.15, 0.2) is 11.9 Å². The highest BCUT2D eigenvalue weighted by atomic mass is 16.5. The number of hydrogen-bond acceptors (Lipinski definition) is 4. The molecular formula is C17H18N2O4. The Labute approximate surface area is 134 Å². The molecule has 6 nitrogen and oxygen atoms in total.